The molecular weight excluding hydrogens is 362 g/mol. The fourth-order valence-electron chi connectivity index (χ4n) is 3.30. The number of pyridine rings is 1. The second-order valence-corrected chi connectivity index (χ2v) is 8.08. The van der Waals surface area contributed by atoms with Gasteiger partial charge in [0.15, 0.2) is 5.58 Å². The van der Waals surface area contributed by atoms with E-state index in [1.54, 1.807) is 17.2 Å². The first-order chi connectivity index (χ1) is 13.2. The lowest BCUT2D eigenvalue weighted by atomic mass is 9.97. The number of fused-ring (bicyclic) bond motifs is 1. The summed E-state index contributed by atoms with van der Waals surface area (Å²) >= 11 is 0. The van der Waals surface area contributed by atoms with Gasteiger partial charge in [-0.1, -0.05) is 0 Å². The zero-order valence-corrected chi connectivity index (χ0v) is 16.6. The minimum absolute atomic E-state index is 0.111. The fourth-order valence-corrected chi connectivity index (χ4v) is 3.30. The van der Waals surface area contributed by atoms with Crippen LogP contribution in [0, 0.1) is 5.92 Å². The van der Waals surface area contributed by atoms with Crippen LogP contribution in [-0.2, 0) is 16.1 Å². The number of hydrogen-bond donors (Lipinski definition) is 1. The number of carbonyl (C=O) groups excluding carboxylic acids is 2. The van der Waals surface area contributed by atoms with Gasteiger partial charge in [-0.2, -0.15) is 0 Å². The summed E-state index contributed by atoms with van der Waals surface area (Å²) in [5.74, 6) is -0.383. The number of hydrogen-bond acceptors (Lipinski definition) is 5. The molecule has 2 aromatic heterocycles. The van der Waals surface area contributed by atoms with Crippen molar-refractivity contribution in [3.63, 3.8) is 0 Å². The monoisotopic (exact) mass is 389 g/mol. The van der Waals surface area contributed by atoms with Crippen molar-refractivity contribution in [2.45, 2.75) is 45.8 Å². The lowest BCUT2D eigenvalue weighted by Crippen LogP contribution is -2.47. The highest BCUT2D eigenvalue weighted by atomic mass is 16.6. The maximum Gasteiger partial charge on any atom is 0.410 e. The number of aromatic nitrogens is 1. The SMILES string of the molecule is CC(C)(C)OC(=O)N1CCC[C@@H](C(=O)NCCn2ccc3ccoc3c2=O)C1. The minimum atomic E-state index is -0.561. The molecule has 3 heterocycles. The van der Waals surface area contributed by atoms with Crippen LogP contribution in [0.15, 0.2) is 33.8 Å². The minimum Gasteiger partial charge on any atom is -0.459 e. The molecule has 3 rings (SSSR count). The van der Waals surface area contributed by atoms with Gasteiger partial charge in [-0.3, -0.25) is 9.59 Å². The molecule has 0 aliphatic carbocycles. The number of rotatable bonds is 4. The van der Waals surface area contributed by atoms with Crippen molar-refractivity contribution in [3.05, 3.63) is 34.9 Å². The fraction of sp³-hybridized carbons (Fsp3) is 0.550. The Labute approximate surface area is 163 Å². The highest BCUT2D eigenvalue weighted by Gasteiger charge is 2.30. The average molecular weight is 389 g/mol. The number of amides is 2. The molecule has 0 bridgehead atoms. The standard InChI is InChI=1S/C20H27N3O5/c1-20(2,3)28-19(26)23-9-4-5-15(13-23)17(24)21-8-11-22-10-6-14-7-12-27-16(14)18(22)25/h6-7,10,12,15H,4-5,8-9,11,13H2,1-3H3,(H,21,24)/t15-/m1/s1. The number of furan rings is 1. The van der Waals surface area contributed by atoms with Crippen molar-refractivity contribution in [1.29, 1.82) is 0 Å². The largest absolute Gasteiger partial charge is 0.459 e. The molecule has 2 amide bonds. The van der Waals surface area contributed by atoms with Gasteiger partial charge in [0.25, 0.3) is 5.56 Å². The van der Waals surface area contributed by atoms with E-state index >= 15 is 0 Å². The molecule has 2 aromatic rings. The van der Waals surface area contributed by atoms with Crippen LogP contribution in [0.3, 0.4) is 0 Å². The summed E-state index contributed by atoms with van der Waals surface area (Å²) in [7, 11) is 0. The van der Waals surface area contributed by atoms with Crippen molar-refractivity contribution in [2.24, 2.45) is 5.92 Å². The molecule has 0 radical (unpaired) electrons. The van der Waals surface area contributed by atoms with Crippen molar-refractivity contribution in [3.8, 4) is 0 Å². The molecule has 0 aromatic carbocycles. The molecule has 1 atom stereocenters. The summed E-state index contributed by atoms with van der Waals surface area (Å²) < 4.78 is 12.1. The Bertz CT molecular complexity index is 908. The Hall–Kier alpha value is -2.77. The lowest BCUT2D eigenvalue weighted by Gasteiger charge is -2.33. The van der Waals surface area contributed by atoms with E-state index in [1.165, 1.54) is 10.8 Å². The number of likely N-dealkylation sites (tertiary alicyclic amines) is 1. The zero-order chi connectivity index (χ0) is 20.3. The Kier molecular flexibility index (Phi) is 5.76. The van der Waals surface area contributed by atoms with Gasteiger partial charge in [-0.25, -0.2) is 4.79 Å². The first-order valence-corrected chi connectivity index (χ1v) is 9.57. The number of nitrogens with zero attached hydrogens (tertiary/aromatic N) is 2. The summed E-state index contributed by atoms with van der Waals surface area (Å²) in [6.07, 6.45) is 4.27. The summed E-state index contributed by atoms with van der Waals surface area (Å²) in [6.45, 7) is 7.08. The summed E-state index contributed by atoms with van der Waals surface area (Å²) in [4.78, 5) is 38.6. The third-order valence-corrected chi connectivity index (χ3v) is 4.68. The summed E-state index contributed by atoms with van der Waals surface area (Å²) in [5, 5.41) is 3.63. The molecule has 28 heavy (non-hydrogen) atoms. The van der Waals surface area contributed by atoms with Crippen LogP contribution in [0.2, 0.25) is 0 Å². The Morgan fingerprint density at radius 3 is 2.86 bits per heavy atom. The van der Waals surface area contributed by atoms with Crippen LogP contribution in [0.4, 0.5) is 4.79 Å². The van der Waals surface area contributed by atoms with E-state index in [9.17, 15) is 14.4 Å². The second kappa shape index (κ2) is 8.08. The van der Waals surface area contributed by atoms with Crippen LogP contribution in [0.5, 0.6) is 0 Å². The van der Waals surface area contributed by atoms with Gasteiger partial charge in [0.05, 0.1) is 12.2 Å². The number of piperidine rings is 1. The normalized spacial score (nSPS) is 17.5. The lowest BCUT2D eigenvalue weighted by molar-refractivity contribution is -0.126. The predicted molar refractivity (Wildman–Crippen MR) is 104 cm³/mol. The predicted octanol–water partition coefficient (Wildman–Crippen LogP) is 2.36. The second-order valence-electron chi connectivity index (χ2n) is 8.08. The molecule has 0 saturated carbocycles. The number of ether oxygens (including phenoxy) is 1. The maximum atomic E-state index is 12.5. The Morgan fingerprint density at radius 2 is 2.11 bits per heavy atom. The first-order valence-electron chi connectivity index (χ1n) is 9.57. The van der Waals surface area contributed by atoms with Crippen LogP contribution in [0.25, 0.3) is 11.0 Å². The van der Waals surface area contributed by atoms with E-state index in [1.807, 2.05) is 26.8 Å². The van der Waals surface area contributed by atoms with Gasteiger partial charge in [-0.15, -0.1) is 0 Å². The van der Waals surface area contributed by atoms with Crippen molar-refractivity contribution < 1.29 is 18.7 Å². The van der Waals surface area contributed by atoms with Gasteiger partial charge in [-0.05, 0) is 45.7 Å². The summed E-state index contributed by atoms with van der Waals surface area (Å²) in [6, 6.07) is 3.55. The van der Waals surface area contributed by atoms with Gasteiger partial charge >= 0.3 is 6.09 Å². The molecule has 152 valence electrons. The summed E-state index contributed by atoms with van der Waals surface area (Å²) in [5.41, 5.74) is -0.464. The van der Waals surface area contributed by atoms with Crippen molar-refractivity contribution >= 4 is 23.0 Å². The molecule has 1 aliphatic rings. The molecule has 1 fully saturated rings. The molecule has 1 N–H and O–H groups in total. The van der Waals surface area contributed by atoms with E-state index in [0.29, 0.717) is 31.8 Å². The van der Waals surface area contributed by atoms with Gasteiger partial charge in [0.1, 0.15) is 5.60 Å². The van der Waals surface area contributed by atoms with E-state index in [2.05, 4.69) is 5.32 Å². The number of carbonyl (C=O) groups is 2. The van der Waals surface area contributed by atoms with Crippen LogP contribution >= 0.6 is 0 Å². The molecule has 1 saturated heterocycles. The smallest absolute Gasteiger partial charge is 0.410 e. The third kappa shape index (κ3) is 4.74. The maximum absolute atomic E-state index is 12.5. The van der Waals surface area contributed by atoms with Gasteiger partial charge < -0.3 is 23.9 Å². The quantitative estimate of drug-likeness (QED) is 0.866. The molecule has 0 unspecified atom stereocenters. The molecule has 8 heteroatoms. The highest BCUT2D eigenvalue weighted by Crippen LogP contribution is 2.19. The van der Waals surface area contributed by atoms with Crippen molar-refractivity contribution in [1.82, 2.24) is 14.8 Å². The topological polar surface area (TPSA) is 93.8 Å². The molecule has 1 aliphatic heterocycles. The zero-order valence-electron chi connectivity index (χ0n) is 16.6. The highest BCUT2D eigenvalue weighted by molar-refractivity contribution is 5.80. The average Bonchev–Trinajstić information content (AvgIpc) is 3.12. The van der Waals surface area contributed by atoms with E-state index < -0.39 is 5.60 Å². The molecule has 0 spiro atoms. The molecular formula is C20H27N3O5. The Balaban J connectivity index is 1.52. The van der Waals surface area contributed by atoms with E-state index in [-0.39, 0.29) is 23.5 Å². The van der Waals surface area contributed by atoms with Crippen LogP contribution in [-0.4, -0.2) is 46.7 Å². The van der Waals surface area contributed by atoms with Gasteiger partial charge in [0, 0.05) is 37.8 Å². The first kappa shape index (κ1) is 20.0. The van der Waals surface area contributed by atoms with Crippen LogP contribution in [0.1, 0.15) is 33.6 Å². The van der Waals surface area contributed by atoms with Crippen molar-refractivity contribution in [2.75, 3.05) is 19.6 Å². The Morgan fingerprint density at radius 1 is 1.32 bits per heavy atom. The van der Waals surface area contributed by atoms with Crippen LogP contribution < -0.4 is 10.9 Å². The van der Waals surface area contributed by atoms with E-state index in [0.717, 1.165) is 18.2 Å². The van der Waals surface area contributed by atoms with Gasteiger partial charge in [0.2, 0.25) is 5.91 Å². The molecule has 8 nitrogen and oxygen atoms in total. The third-order valence-electron chi connectivity index (χ3n) is 4.68. The number of nitrogens with one attached hydrogen (secondary N) is 1. The van der Waals surface area contributed by atoms with E-state index in [4.69, 9.17) is 9.15 Å².